The molecule has 2 N–H and O–H groups in total. The predicted molar refractivity (Wildman–Crippen MR) is 90.8 cm³/mol. The highest BCUT2D eigenvalue weighted by atomic mass is 16.7. The van der Waals surface area contributed by atoms with E-state index in [1.807, 2.05) is 0 Å². The highest BCUT2D eigenvalue weighted by molar-refractivity contribution is 5.74. The number of hydrogen-bond acceptors (Lipinski definition) is 3. The van der Waals surface area contributed by atoms with E-state index in [9.17, 15) is 4.79 Å². The molecule has 4 rings (SSSR count). The Morgan fingerprint density at radius 3 is 2.33 bits per heavy atom. The Hall–Kier alpha value is -1.59. The summed E-state index contributed by atoms with van der Waals surface area (Å²) in [6, 6.07) is 8.61. The van der Waals surface area contributed by atoms with Gasteiger partial charge in [0.1, 0.15) is 0 Å². The number of carbonyl (C=O) groups excluding carboxylic acids is 1. The minimum Gasteiger partial charge on any atom is -0.348 e. The largest absolute Gasteiger partial charge is 0.348 e. The van der Waals surface area contributed by atoms with Gasteiger partial charge in [-0.3, -0.25) is 0 Å². The summed E-state index contributed by atoms with van der Waals surface area (Å²) in [5.41, 5.74) is 2.72. The zero-order valence-corrected chi connectivity index (χ0v) is 14.1. The van der Waals surface area contributed by atoms with Gasteiger partial charge in [0.05, 0.1) is 13.2 Å². The van der Waals surface area contributed by atoms with E-state index in [-0.39, 0.29) is 17.9 Å². The van der Waals surface area contributed by atoms with Crippen molar-refractivity contribution in [1.29, 1.82) is 0 Å². The number of fused-ring (bicyclic) bond motifs is 1. The Morgan fingerprint density at radius 2 is 1.71 bits per heavy atom. The maximum absolute atomic E-state index is 12.2. The van der Waals surface area contributed by atoms with Crippen LogP contribution in [-0.4, -0.2) is 37.6 Å². The fraction of sp³-hybridized carbons (Fsp3) is 0.632. The fourth-order valence-corrected chi connectivity index (χ4v) is 4.24. The van der Waals surface area contributed by atoms with Crippen molar-refractivity contribution in [1.82, 2.24) is 10.6 Å². The second kappa shape index (κ2) is 6.73. The summed E-state index contributed by atoms with van der Waals surface area (Å²) in [6.07, 6.45) is 5.86. The van der Waals surface area contributed by atoms with Crippen molar-refractivity contribution in [2.45, 2.75) is 50.4 Å². The summed E-state index contributed by atoms with van der Waals surface area (Å²) in [4.78, 5) is 12.2. The van der Waals surface area contributed by atoms with Crippen LogP contribution in [0.25, 0.3) is 0 Å². The smallest absolute Gasteiger partial charge is 0.315 e. The Bertz CT molecular complexity index is 563. The molecule has 1 aromatic carbocycles. The Balaban J connectivity index is 1.18. The van der Waals surface area contributed by atoms with Crippen molar-refractivity contribution in [2.24, 2.45) is 5.92 Å². The monoisotopic (exact) mass is 330 g/mol. The molecule has 1 saturated heterocycles. The second-order valence-electron chi connectivity index (χ2n) is 7.28. The predicted octanol–water partition coefficient (Wildman–Crippen LogP) is 2.39. The molecule has 130 valence electrons. The van der Waals surface area contributed by atoms with Crippen molar-refractivity contribution in [2.75, 3.05) is 19.8 Å². The van der Waals surface area contributed by atoms with Crippen LogP contribution in [0, 0.1) is 5.92 Å². The van der Waals surface area contributed by atoms with Crippen LogP contribution in [0.5, 0.6) is 0 Å². The first-order valence-corrected chi connectivity index (χ1v) is 9.11. The van der Waals surface area contributed by atoms with E-state index in [1.54, 1.807) is 0 Å². The van der Waals surface area contributed by atoms with E-state index in [1.165, 1.54) is 11.1 Å². The minimum absolute atomic E-state index is 0.0403. The van der Waals surface area contributed by atoms with Crippen LogP contribution >= 0.6 is 0 Å². The molecule has 1 aliphatic heterocycles. The van der Waals surface area contributed by atoms with E-state index in [2.05, 4.69) is 34.9 Å². The SMILES string of the molecule is O=C(NCC1CCC2(CC1)OCCO2)NC1Cc2ccccc2C1. The van der Waals surface area contributed by atoms with Gasteiger partial charge in [-0.05, 0) is 42.7 Å². The fourth-order valence-electron chi connectivity index (χ4n) is 4.24. The van der Waals surface area contributed by atoms with Gasteiger partial charge in [0, 0.05) is 25.4 Å². The molecule has 0 atom stereocenters. The van der Waals surface area contributed by atoms with Gasteiger partial charge in [0.2, 0.25) is 0 Å². The van der Waals surface area contributed by atoms with E-state index >= 15 is 0 Å². The zero-order chi connectivity index (χ0) is 16.4. The second-order valence-corrected chi connectivity index (χ2v) is 7.28. The molecule has 2 fully saturated rings. The highest BCUT2D eigenvalue weighted by Gasteiger charge is 2.40. The molecule has 0 bridgehead atoms. The maximum Gasteiger partial charge on any atom is 0.315 e. The van der Waals surface area contributed by atoms with Gasteiger partial charge in [0.25, 0.3) is 0 Å². The van der Waals surface area contributed by atoms with Crippen LogP contribution in [0.15, 0.2) is 24.3 Å². The number of rotatable bonds is 3. The number of hydrogen-bond donors (Lipinski definition) is 2. The molecule has 1 spiro atoms. The number of nitrogens with one attached hydrogen (secondary N) is 2. The summed E-state index contributed by atoms with van der Waals surface area (Å²) in [7, 11) is 0. The average Bonchev–Trinajstić information content (AvgIpc) is 3.21. The number of benzene rings is 1. The number of amides is 2. The molecule has 2 aliphatic carbocycles. The minimum atomic E-state index is -0.311. The van der Waals surface area contributed by atoms with Crippen LogP contribution in [0.1, 0.15) is 36.8 Å². The third-order valence-corrected chi connectivity index (χ3v) is 5.62. The first-order valence-electron chi connectivity index (χ1n) is 9.11. The third-order valence-electron chi connectivity index (χ3n) is 5.62. The molecule has 0 unspecified atom stereocenters. The average molecular weight is 330 g/mol. The molecule has 5 heteroatoms. The first-order chi connectivity index (χ1) is 11.7. The quantitative estimate of drug-likeness (QED) is 0.895. The third kappa shape index (κ3) is 3.42. The summed E-state index contributed by atoms with van der Waals surface area (Å²) in [5, 5.41) is 6.17. The molecule has 1 heterocycles. The topological polar surface area (TPSA) is 59.6 Å². The molecule has 0 radical (unpaired) electrons. The molecular weight excluding hydrogens is 304 g/mol. The molecule has 1 aromatic rings. The first kappa shape index (κ1) is 15.9. The molecule has 2 amide bonds. The van der Waals surface area contributed by atoms with Gasteiger partial charge < -0.3 is 20.1 Å². The Morgan fingerprint density at radius 1 is 1.08 bits per heavy atom. The van der Waals surface area contributed by atoms with Crippen LogP contribution in [0.4, 0.5) is 4.79 Å². The molecule has 1 saturated carbocycles. The van der Waals surface area contributed by atoms with Gasteiger partial charge in [-0.15, -0.1) is 0 Å². The standard InChI is InChI=1S/C19H26N2O3/c22-18(21-17-11-15-3-1-2-4-16(15)12-17)20-13-14-5-7-19(8-6-14)23-9-10-24-19/h1-4,14,17H,5-13H2,(H2,20,21,22). The van der Waals surface area contributed by atoms with E-state index in [4.69, 9.17) is 9.47 Å². The lowest BCUT2D eigenvalue weighted by atomic mass is 9.85. The maximum atomic E-state index is 12.2. The zero-order valence-electron chi connectivity index (χ0n) is 14.1. The number of carbonyl (C=O) groups is 1. The summed E-state index contributed by atoms with van der Waals surface area (Å²) >= 11 is 0. The molecule has 3 aliphatic rings. The normalized spacial score (nSPS) is 23.3. The van der Waals surface area contributed by atoms with Gasteiger partial charge >= 0.3 is 6.03 Å². The van der Waals surface area contributed by atoms with E-state index in [0.29, 0.717) is 5.92 Å². The summed E-state index contributed by atoms with van der Waals surface area (Å²) in [5.74, 6) is 0.212. The molecule has 0 aromatic heterocycles. The van der Waals surface area contributed by atoms with Crippen molar-refractivity contribution >= 4 is 6.03 Å². The van der Waals surface area contributed by atoms with Crippen molar-refractivity contribution < 1.29 is 14.3 Å². The molecule has 24 heavy (non-hydrogen) atoms. The van der Waals surface area contributed by atoms with Crippen LogP contribution in [0.2, 0.25) is 0 Å². The van der Waals surface area contributed by atoms with Crippen molar-refractivity contribution in [3.05, 3.63) is 35.4 Å². The van der Waals surface area contributed by atoms with E-state index < -0.39 is 0 Å². The summed E-state index contributed by atoms with van der Waals surface area (Å²) in [6.45, 7) is 2.17. The van der Waals surface area contributed by atoms with Crippen LogP contribution in [0.3, 0.4) is 0 Å². The van der Waals surface area contributed by atoms with Crippen LogP contribution in [-0.2, 0) is 22.3 Å². The van der Waals surface area contributed by atoms with E-state index in [0.717, 1.165) is 58.3 Å². The van der Waals surface area contributed by atoms with Gasteiger partial charge in [0.15, 0.2) is 5.79 Å². The lowest BCUT2D eigenvalue weighted by Gasteiger charge is -2.35. The lowest BCUT2D eigenvalue weighted by Crippen LogP contribution is -2.45. The Kier molecular flexibility index (Phi) is 4.46. The number of urea groups is 1. The number of ether oxygens (including phenoxy) is 2. The van der Waals surface area contributed by atoms with Crippen molar-refractivity contribution in [3.63, 3.8) is 0 Å². The Labute approximate surface area is 143 Å². The van der Waals surface area contributed by atoms with Crippen LogP contribution < -0.4 is 10.6 Å². The summed E-state index contributed by atoms with van der Waals surface area (Å²) < 4.78 is 11.5. The van der Waals surface area contributed by atoms with Crippen molar-refractivity contribution in [3.8, 4) is 0 Å². The molecular formula is C19H26N2O3. The highest BCUT2D eigenvalue weighted by Crippen LogP contribution is 2.37. The van der Waals surface area contributed by atoms with Gasteiger partial charge in [-0.2, -0.15) is 0 Å². The lowest BCUT2D eigenvalue weighted by molar-refractivity contribution is -0.182. The van der Waals surface area contributed by atoms with Gasteiger partial charge in [-0.1, -0.05) is 24.3 Å². The molecule has 5 nitrogen and oxygen atoms in total. The van der Waals surface area contributed by atoms with Gasteiger partial charge in [-0.25, -0.2) is 4.79 Å².